The van der Waals surface area contributed by atoms with E-state index in [0.717, 1.165) is 0 Å². The van der Waals surface area contributed by atoms with Crippen molar-refractivity contribution in [3.05, 3.63) is 23.5 Å². The highest BCUT2D eigenvalue weighted by molar-refractivity contribution is 6.29. The van der Waals surface area contributed by atoms with Gasteiger partial charge in [-0.1, -0.05) is 11.6 Å². The number of carbonyl (C=O) groups is 1. The first kappa shape index (κ1) is 7.15. The predicted octanol–water partition coefficient (Wildman–Crippen LogP) is 1.23. The van der Waals surface area contributed by atoms with Gasteiger partial charge < -0.3 is 9.67 Å². The highest BCUT2D eigenvalue weighted by atomic mass is 35.5. The van der Waals surface area contributed by atoms with E-state index >= 15 is 0 Å². The van der Waals surface area contributed by atoms with Crippen molar-refractivity contribution in [3.8, 4) is 0 Å². The number of halogens is 1. The van der Waals surface area contributed by atoms with Crippen LogP contribution >= 0.6 is 11.6 Å². The molecule has 0 bridgehead atoms. The van der Waals surface area contributed by atoms with Crippen LogP contribution in [0.2, 0.25) is 5.15 Å². The SMILES string of the molecule is O=C(O)Cn1cccc1Cl. The second-order valence-corrected chi connectivity index (χ2v) is 2.24. The lowest BCUT2D eigenvalue weighted by Crippen LogP contribution is -2.07. The molecule has 1 aromatic heterocycles. The molecule has 0 radical (unpaired) electrons. The van der Waals surface area contributed by atoms with E-state index in [1.165, 1.54) is 4.57 Å². The Morgan fingerprint density at radius 1 is 1.80 bits per heavy atom. The normalized spacial score (nSPS) is 9.70. The number of hydrogen-bond acceptors (Lipinski definition) is 1. The molecule has 1 heterocycles. The van der Waals surface area contributed by atoms with Gasteiger partial charge >= 0.3 is 5.97 Å². The maximum absolute atomic E-state index is 10.1. The van der Waals surface area contributed by atoms with Crippen LogP contribution in [0.25, 0.3) is 0 Å². The minimum Gasteiger partial charge on any atom is -0.480 e. The molecule has 1 rings (SSSR count). The first-order valence-electron chi connectivity index (χ1n) is 2.72. The summed E-state index contributed by atoms with van der Waals surface area (Å²) in [5, 5.41) is 8.78. The van der Waals surface area contributed by atoms with Crippen LogP contribution in [0.4, 0.5) is 0 Å². The standard InChI is InChI=1S/C6H6ClNO2/c7-5-2-1-3-8(5)4-6(9)10/h1-3H,4H2,(H,9,10). The molecule has 0 fully saturated rings. The summed E-state index contributed by atoms with van der Waals surface area (Å²) in [5.74, 6) is -0.891. The lowest BCUT2D eigenvalue weighted by molar-refractivity contribution is -0.137. The van der Waals surface area contributed by atoms with Crippen LogP contribution in [0.1, 0.15) is 0 Å². The van der Waals surface area contributed by atoms with Crippen molar-refractivity contribution in [3.63, 3.8) is 0 Å². The Balaban J connectivity index is 2.74. The summed E-state index contributed by atoms with van der Waals surface area (Å²) >= 11 is 5.58. The van der Waals surface area contributed by atoms with E-state index < -0.39 is 5.97 Å². The Morgan fingerprint density at radius 3 is 2.90 bits per heavy atom. The number of carboxylic acid groups (broad SMARTS) is 1. The predicted molar refractivity (Wildman–Crippen MR) is 37.1 cm³/mol. The Kier molecular flexibility index (Phi) is 1.97. The van der Waals surface area contributed by atoms with Gasteiger partial charge in [0.15, 0.2) is 0 Å². The molecule has 0 aliphatic rings. The largest absolute Gasteiger partial charge is 0.480 e. The number of hydrogen-bond donors (Lipinski definition) is 1. The van der Waals surface area contributed by atoms with Gasteiger partial charge in [0.05, 0.1) is 0 Å². The Bertz CT molecular complexity index is 244. The van der Waals surface area contributed by atoms with Crippen LogP contribution in [-0.2, 0) is 11.3 Å². The van der Waals surface area contributed by atoms with E-state index in [4.69, 9.17) is 16.7 Å². The molecule has 4 heteroatoms. The number of aromatic nitrogens is 1. The molecule has 0 atom stereocenters. The number of rotatable bonds is 2. The zero-order valence-corrected chi connectivity index (χ0v) is 5.88. The molecule has 0 aliphatic carbocycles. The quantitative estimate of drug-likeness (QED) is 0.705. The summed E-state index contributed by atoms with van der Waals surface area (Å²) in [7, 11) is 0. The molecule has 0 aliphatic heterocycles. The molecule has 3 nitrogen and oxygen atoms in total. The van der Waals surface area contributed by atoms with Crippen molar-refractivity contribution in [2.24, 2.45) is 0 Å². The smallest absolute Gasteiger partial charge is 0.323 e. The second-order valence-electron chi connectivity index (χ2n) is 1.85. The zero-order chi connectivity index (χ0) is 7.56. The molecule has 1 N–H and O–H groups in total. The summed E-state index contributed by atoms with van der Waals surface area (Å²) in [4.78, 5) is 10.1. The average Bonchev–Trinajstić information content (AvgIpc) is 2.15. The average molecular weight is 160 g/mol. The van der Waals surface area contributed by atoms with Crippen LogP contribution < -0.4 is 0 Å². The van der Waals surface area contributed by atoms with E-state index in [1.807, 2.05) is 0 Å². The lowest BCUT2D eigenvalue weighted by atomic mass is 10.6. The Morgan fingerprint density at radius 2 is 2.50 bits per heavy atom. The van der Waals surface area contributed by atoms with Crippen molar-refractivity contribution < 1.29 is 9.90 Å². The molecular weight excluding hydrogens is 154 g/mol. The van der Waals surface area contributed by atoms with E-state index in [1.54, 1.807) is 18.3 Å². The first-order chi connectivity index (χ1) is 4.70. The van der Waals surface area contributed by atoms with Crippen molar-refractivity contribution in [1.29, 1.82) is 0 Å². The molecule has 0 spiro atoms. The van der Waals surface area contributed by atoms with Crippen LogP contribution in [0.15, 0.2) is 18.3 Å². The monoisotopic (exact) mass is 159 g/mol. The van der Waals surface area contributed by atoms with E-state index in [-0.39, 0.29) is 6.54 Å². The second kappa shape index (κ2) is 2.75. The lowest BCUT2D eigenvalue weighted by Gasteiger charge is -1.97. The third kappa shape index (κ3) is 1.51. The van der Waals surface area contributed by atoms with Crippen molar-refractivity contribution in [2.45, 2.75) is 6.54 Å². The van der Waals surface area contributed by atoms with E-state index in [0.29, 0.717) is 5.15 Å². The van der Waals surface area contributed by atoms with Gasteiger partial charge in [0.25, 0.3) is 0 Å². The number of aliphatic carboxylic acids is 1. The van der Waals surface area contributed by atoms with Gasteiger partial charge in [0, 0.05) is 6.20 Å². The number of nitrogens with zero attached hydrogens (tertiary/aromatic N) is 1. The summed E-state index contributed by atoms with van der Waals surface area (Å²) in [6.45, 7) is -0.0775. The van der Waals surface area contributed by atoms with Crippen LogP contribution in [0.5, 0.6) is 0 Å². The van der Waals surface area contributed by atoms with Crippen LogP contribution in [0.3, 0.4) is 0 Å². The highest BCUT2D eigenvalue weighted by Crippen LogP contribution is 2.07. The summed E-state index contributed by atoms with van der Waals surface area (Å²) in [5.41, 5.74) is 0. The van der Waals surface area contributed by atoms with Gasteiger partial charge in [0.1, 0.15) is 11.7 Å². The zero-order valence-electron chi connectivity index (χ0n) is 5.12. The minimum atomic E-state index is -0.891. The van der Waals surface area contributed by atoms with Gasteiger partial charge in [-0.25, -0.2) is 0 Å². The highest BCUT2D eigenvalue weighted by Gasteiger charge is 2.00. The third-order valence-corrected chi connectivity index (χ3v) is 1.42. The number of carboxylic acids is 1. The van der Waals surface area contributed by atoms with Crippen molar-refractivity contribution >= 4 is 17.6 Å². The van der Waals surface area contributed by atoms with Crippen LogP contribution in [-0.4, -0.2) is 15.6 Å². The van der Waals surface area contributed by atoms with Crippen LogP contribution in [0, 0.1) is 0 Å². The molecule has 1 aromatic rings. The van der Waals surface area contributed by atoms with E-state index in [2.05, 4.69) is 0 Å². The van der Waals surface area contributed by atoms with Crippen molar-refractivity contribution in [1.82, 2.24) is 4.57 Å². The molecule has 0 unspecified atom stereocenters. The maximum atomic E-state index is 10.1. The minimum absolute atomic E-state index is 0.0775. The molecule has 10 heavy (non-hydrogen) atoms. The van der Waals surface area contributed by atoms with Crippen molar-refractivity contribution in [2.75, 3.05) is 0 Å². The fourth-order valence-electron chi connectivity index (χ4n) is 0.667. The molecule has 54 valence electrons. The Labute approximate surface area is 62.8 Å². The topological polar surface area (TPSA) is 42.2 Å². The van der Waals surface area contributed by atoms with Gasteiger partial charge in [-0.05, 0) is 12.1 Å². The summed E-state index contributed by atoms with van der Waals surface area (Å²) in [6, 6.07) is 3.34. The summed E-state index contributed by atoms with van der Waals surface area (Å²) < 4.78 is 1.45. The molecule has 0 amide bonds. The molecule has 0 aromatic carbocycles. The molecule has 0 saturated heterocycles. The molecular formula is C6H6ClNO2. The third-order valence-electron chi connectivity index (χ3n) is 1.08. The fraction of sp³-hybridized carbons (Fsp3) is 0.167. The Hall–Kier alpha value is -0.960. The van der Waals surface area contributed by atoms with Gasteiger partial charge in [-0.3, -0.25) is 4.79 Å². The van der Waals surface area contributed by atoms with Gasteiger partial charge in [-0.15, -0.1) is 0 Å². The molecule has 0 saturated carbocycles. The maximum Gasteiger partial charge on any atom is 0.323 e. The van der Waals surface area contributed by atoms with Gasteiger partial charge in [-0.2, -0.15) is 0 Å². The fourth-order valence-corrected chi connectivity index (χ4v) is 0.856. The first-order valence-corrected chi connectivity index (χ1v) is 3.10. The van der Waals surface area contributed by atoms with Gasteiger partial charge in [0.2, 0.25) is 0 Å². The van der Waals surface area contributed by atoms with E-state index in [9.17, 15) is 4.79 Å². The summed E-state index contributed by atoms with van der Waals surface area (Å²) in [6.07, 6.45) is 1.62.